The summed E-state index contributed by atoms with van der Waals surface area (Å²) in [6.07, 6.45) is 3.40. The third-order valence-corrected chi connectivity index (χ3v) is 6.57. The highest BCUT2D eigenvalue weighted by Gasteiger charge is 2.21. The molecule has 0 bridgehead atoms. The lowest BCUT2D eigenvalue weighted by molar-refractivity contribution is -0.138. The van der Waals surface area contributed by atoms with Crippen molar-refractivity contribution in [2.24, 2.45) is 0 Å². The fourth-order valence-electron chi connectivity index (χ4n) is 3.02. The lowest BCUT2D eigenvalue weighted by Gasteiger charge is -2.15. The number of rotatable bonds is 8. The molecule has 0 saturated heterocycles. The average molecular weight is 396 g/mol. The van der Waals surface area contributed by atoms with Gasteiger partial charge in [0.25, 0.3) is 5.56 Å². The predicted molar refractivity (Wildman–Crippen MR) is 103 cm³/mol. The highest BCUT2D eigenvalue weighted by molar-refractivity contribution is 7.98. The van der Waals surface area contributed by atoms with Crippen molar-refractivity contribution in [3.05, 3.63) is 26.6 Å². The zero-order valence-electron chi connectivity index (χ0n) is 14.5. The van der Waals surface area contributed by atoms with Gasteiger partial charge >= 0.3 is 5.97 Å². The van der Waals surface area contributed by atoms with E-state index in [0.717, 1.165) is 29.5 Å². The van der Waals surface area contributed by atoms with E-state index in [1.165, 1.54) is 27.1 Å². The Balaban J connectivity index is 1.52. The van der Waals surface area contributed by atoms with E-state index in [1.54, 1.807) is 18.4 Å². The first-order chi connectivity index (χ1) is 12.5. The third kappa shape index (κ3) is 4.27. The highest BCUT2D eigenvalue weighted by atomic mass is 32.2. The van der Waals surface area contributed by atoms with Crippen molar-refractivity contribution in [3.8, 4) is 0 Å². The molecule has 1 aliphatic rings. The summed E-state index contributed by atoms with van der Waals surface area (Å²) in [5.74, 6) is 0.784. The van der Waals surface area contributed by atoms with Crippen molar-refractivity contribution in [1.82, 2.24) is 14.9 Å². The maximum Gasteiger partial charge on any atom is 0.305 e. The largest absolute Gasteiger partial charge is 0.481 e. The number of H-pyrrole nitrogens is 1. The summed E-state index contributed by atoms with van der Waals surface area (Å²) in [4.78, 5) is 45.8. The molecular formula is C17H21N3O4S2. The number of aryl methyl sites for hydroxylation is 2. The maximum atomic E-state index is 12.4. The van der Waals surface area contributed by atoms with Crippen LogP contribution in [0.3, 0.4) is 0 Å². The van der Waals surface area contributed by atoms with Gasteiger partial charge < -0.3 is 15.0 Å². The van der Waals surface area contributed by atoms with Crippen LogP contribution in [0.4, 0.5) is 0 Å². The molecule has 140 valence electrons. The van der Waals surface area contributed by atoms with Crippen molar-refractivity contribution in [3.63, 3.8) is 0 Å². The summed E-state index contributed by atoms with van der Waals surface area (Å²) >= 11 is 3.15. The number of carbonyl (C=O) groups excluding carboxylic acids is 1. The minimum atomic E-state index is -0.913. The molecule has 26 heavy (non-hydrogen) atoms. The normalized spacial score (nSPS) is 13.1. The quantitative estimate of drug-likeness (QED) is 0.663. The lowest BCUT2D eigenvalue weighted by atomic mass is 10.2. The van der Waals surface area contributed by atoms with Gasteiger partial charge in [0.1, 0.15) is 10.7 Å². The molecule has 1 aliphatic carbocycles. The van der Waals surface area contributed by atoms with Crippen LogP contribution in [-0.2, 0) is 28.2 Å². The molecule has 2 N–H and O–H groups in total. The van der Waals surface area contributed by atoms with Crippen LogP contribution in [0.25, 0.3) is 10.2 Å². The zero-order valence-corrected chi connectivity index (χ0v) is 16.2. The van der Waals surface area contributed by atoms with Crippen LogP contribution in [0.5, 0.6) is 0 Å². The average Bonchev–Trinajstić information content (AvgIpc) is 3.16. The second kappa shape index (κ2) is 8.22. The molecular weight excluding hydrogens is 374 g/mol. The number of nitrogens with zero attached hydrogens (tertiary/aromatic N) is 2. The Bertz CT molecular complexity index is 890. The van der Waals surface area contributed by atoms with E-state index in [2.05, 4.69) is 9.97 Å². The summed E-state index contributed by atoms with van der Waals surface area (Å²) in [6.45, 7) is 0.216. The van der Waals surface area contributed by atoms with Crippen LogP contribution in [0.2, 0.25) is 0 Å². The van der Waals surface area contributed by atoms with E-state index in [1.807, 2.05) is 0 Å². The van der Waals surface area contributed by atoms with Crippen LogP contribution in [-0.4, -0.2) is 51.2 Å². The second-order valence-corrected chi connectivity index (χ2v) is 8.50. The Kier molecular flexibility index (Phi) is 5.98. The Morgan fingerprint density at radius 2 is 2.15 bits per heavy atom. The van der Waals surface area contributed by atoms with Crippen molar-refractivity contribution < 1.29 is 14.7 Å². The summed E-state index contributed by atoms with van der Waals surface area (Å²) < 4.78 is 0. The van der Waals surface area contributed by atoms with Gasteiger partial charge in [-0.15, -0.1) is 11.3 Å². The number of fused-ring (bicyclic) bond motifs is 3. The molecule has 2 aromatic rings. The molecule has 0 aromatic carbocycles. The molecule has 2 heterocycles. The topological polar surface area (TPSA) is 103 Å². The predicted octanol–water partition coefficient (Wildman–Crippen LogP) is 2.03. The Labute approximate surface area is 158 Å². The van der Waals surface area contributed by atoms with Gasteiger partial charge in [0.05, 0.1) is 17.6 Å². The number of carboxylic acid groups (broad SMARTS) is 1. The fourth-order valence-corrected chi connectivity index (χ4v) is 5.10. The van der Waals surface area contributed by atoms with Crippen molar-refractivity contribution >= 4 is 45.2 Å². The highest BCUT2D eigenvalue weighted by Crippen LogP contribution is 2.34. The molecule has 0 radical (unpaired) electrons. The first-order valence-corrected chi connectivity index (χ1v) is 10.5. The van der Waals surface area contributed by atoms with Gasteiger partial charge in [0.15, 0.2) is 0 Å². The number of aromatic amines is 1. The van der Waals surface area contributed by atoms with Crippen molar-refractivity contribution in [1.29, 1.82) is 0 Å². The third-order valence-electron chi connectivity index (χ3n) is 4.41. The number of nitrogens with one attached hydrogen (secondary N) is 1. The molecule has 1 amide bonds. The summed E-state index contributed by atoms with van der Waals surface area (Å²) in [7, 11) is 1.61. The number of amides is 1. The van der Waals surface area contributed by atoms with Gasteiger partial charge in [-0.1, -0.05) is 0 Å². The van der Waals surface area contributed by atoms with Gasteiger partial charge in [-0.3, -0.25) is 14.4 Å². The molecule has 9 heteroatoms. The number of carboxylic acids is 1. The number of thioether (sulfide) groups is 1. The van der Waals surface area contributed by atoms with Crippen molar-refractivity contribution in [2.75, 3.05) is 19.3 Å². The van der Waals surface area contributed by atoms with Crippen LogP contribution in [0.15, 0.2) is 4.79 Å². The molecule has 0 aliphatic heterocycles. The van der Waals surface area contributed by atoms with Gasteiger partial charge in [0, 0.05) is 30.6 Å². The molecule has 0 saturated carbocycles. The van der Waals surface area contributed by atoms with Gasteiger partial charge in [-0.2, -0.15) is 11.8 Å². The summed E-state index contributed by atoms with van der Waals surface area (Å²) in [6, 6.07) is 0. The van der Waals surface area contributed by atoms with E-state index in [4.69, 9.17) is 5.11 Å². The maximum absolute atomic E-state index is 12.4. The summed E-state index contributed by atoms with van der Waals surface area (Å²) in [5, 5.41) is 9.40. The van der Waals surface area contributed by atoms with Crippen LogP contribution in [0, 0.1) is 0 Å². The van der Waals surface area contributed by atoms with E-state index in [-0.39, 0.29) is 24.4 Å². The lowest BCUT2D eigenvalue weighted by Crippen LogP contribution is -2.29. The number of aromatic nitrogens is 2. The summed E-state index contributed by atoms with van der Waals surface area (Å²) in [5.41, 5.74) is 1.11. The smallest absolute Gasteiger partial charge is 0.305 e. The Hall–Kier alpha value is -1.87. The molecule has 0 spiro atoms. The molecule has 0 unspecified atom stereocenters. The van der Waals surface area contributed by atoms with Gasteiger partial charge in [0.2, 0.25) is 5.91 Å². The number of hydrogen-bond acceptors (Lipinski definition) is 6. The van der Waals surface area contributed by atoms with E-state index in [0.29, 0.717) is 23.8 Å². The fraction of sp³-hybridized carbons (Fsp3) is 0.529. The Morgan fingerprint density at radius 1 is 1.35 bits per heavy atom. The number of carbonyl (C=O) groups is 2. The van der Waals surface area contributed by atoms with Crippen LogP contribution in [0.1, 0.15) is 35.5 Å². The van der Waals surface area contributed by atoms with Crippen molar-refractivity contribution in [2.45, 2.75) is 37.9 Å². The SMILES string of the molecule is CN(CCC(=O)O)C(=O)CCSCc1nc2sc3c(c2c(=O)[nH]1)CCC3. The van der Waals surface area contributed by atoms with Gasteiger partial charge in [-0.25, -0.2) is 4.98 Å². The Morgan fingerprint density at radius 3 is 2.92 bits per heavy atom. The van der Waals surface area contributed by atoms with Gasteiger partial charge in [-0.05, 0) is 24.8 Å². The number of hydrogen-bond donors (Lipinski definition) is 2. The van der Waals surface area contributed by atoms with Crippen LogP contribution < -0.4 is 5.56 Å². The van der Waals surface area contributed by atoms with E-state index < -0.39 is 5.97 Å². The number of thiophene rings is 1. The zero-order chi connectivity index (χ0) is 18.7. The molecule has 2 aromatic heterocycles. The first kappa shape index (κ1) is 18.9. The number of aliphatic carboxylic acids is 1. The minimum absolute atomic E-state index is 0.0503. The molecule has 3 rings (SSSR count). The standard InChI is InChI=1S/C17H21N3O4S2/c1-20(7-5-14(22)23)13(21)6-8-25-9-12-18-16(24)15-10-3-2-4-11(10)26-17(15)19-12/h2-9H2,1H3,(H,22,23)(H,18,19,24). The molecule has 0 atom stereocenters. The van der Waals surface area contributed by atoms with E-state index in [9.17, 15) is 14.4 Å². The van der Waals surface area contributed by atoms with Crippen LogP contribution >= 0.6 is 23.1 Å². The molecule has 0 fully saturated rings. The monoisotopic (exact) mass is 395 g/mol. The minimum Gasteiger partial charge on any atom is -0.481 e. The first-order valence-electron chi connectivity index (χ1n) is 8.52. The molecule has 7 nitrogen and oxygen atoms in total. The second-order valence-electron chi connectivity index (χ2n) is 6.31. The van der Waals surface area contributed by atoms with E-state index >= 15 is 0 Å².